The highest BCUT2D eigenvalue weighted by Gasteiger charge is 2.37. The fraction of sp³-hybridized carbons (Fsp3) is 0.909. The zero-order valence-corrected chi connectivity index (χ0v) is 13.0. The Labute approximate surface area is 104 Å². The van der Waals surface area contributed by atoms with Gasteiger partial charge in [-0.15, -0.1) is 0 Å². The number of carbonyl (C=O) groups is 1. The van der Waals surface area contributed by atoms with Crippen LogP contribution in [0.15, 0.2) is 0 Å². The van der Waals surface area contributed by atoms with Gasteiger partial charge in [0.1, 0.15) is 0 Å². The summed E-state index contributed by atoms with van der Waals surface area (Å²) in [4.78, 5) is 11.8. The van der Waals surface area contributed by atoms with Crippen molar-refractivity contribution in [2.24, 2.45) is 10.8 Å². The second kappa shape index (κ2) is 4.65. The first-order valence-corrected chi connectivity index (χ1v) is 6.63. The average molecular weight is 328 g/mol. The maximum atomic E-state index is 12.0. The van der Waals surface area contributed by atoms with Gasteiger partial charge < -0.3 is 0 Å². The molecule has 0 saturated carbocycles. The van der Waals surface area contributed by atoms with Gasteiger partial charge in [0.15, 0.2) is 5.78 Å². The Bertz CT molecular complexity index is 188. The van der Waals surface area contributed by atoms with Gasteiger partial charge in [-0.3, -0.25) is 4.79 Å². The zero-order chi connectivity index (χ0) is 11.7. The van der Waals surface area contributed by atoms with Crippen LogP contribution in [0, 0.1) is 10.8 Å². The molecular weight excluding hydrogens is 308 g/mol. The number of carbonyl (C=O) groups excluding carboxylic acids is 1. The van der Waals surface area contributed by atoms with Crippen LogP contribution >= 0.6 is 31.9 Å². The molecule has 84 valence electrons. The number of halogens is 2. The van der Waals surface area contributed by atoms with Crippen LogP contribution in [0.5, 0.6) is 0 Å². The Morgan fingerprint density at radius 3 is 1.21 bits per heavy atom. The number of hydrogen-bond acceptors (Lipinski definition) is 1. The van der Waals surface area contributed by atoms with Gasteiger partial charge in [0.25, 0.3) is 0 Å². The molecule has 0 aliphatic heterocycles. The minimum absolute atomic E-state index is 0.0334. The Balaban J connectivity index is 4.65. The van der Waals surface area contributed by atoms with E-state index in [1.807, 2.05) is 0 Å². The largest absolute Gasteiger partial charge is 0.297 e. The zero-order valence-electron chi connectivity index (χ0n) is 9.82. The molecule has 0 saturated heterocycles. The molecule has 0 aromatic carbocycles. The highest BCUT2D eigenvalue weighted by Crippen LogP contribution is 2.34. The summed E-state index contributed by atoms with van der Waals surface area (Å²) >= 11 is 6.95. The molecule has 1 nitrogen and oxygen atoms in total. The van der Waals surface area contributed by atoms with Crippen LogP contribution in [0.3, 0.4) is 0 Å². The van der Waals surface area contributed by atoms with Gasteiger partial charge in [0.05, 0.1) is 9.65 Å². The third-order valence-corrected chi connectivity index (χ3v) is 5.67. The predicted octanol–water partition coefficient (Wildman–Crippen LogP) is 4.17. The fourth-order valence-electron chi connectivity index (χ4n) is 0.982. The van der Waals surface area contributed by atoms with Gasteiger partial charge in [0, 0.05) is 0 Å². The highest BCUT2D eigenvalue weighted by atomic mass is 79.9. The van der Waals surface area contributed by atoms with Crippen LogP contribution in [0.1, 0.15) is 41.5 Å². The Morgan fingerprint density at radius 2 is 1.07 bits per heavy atom. The van der Waals surface area contributed by atoms with Crippen molar-refractivity contribution in [1.29, 1.82) is 0 Å². The van der Waals surface area contributed by atoms with Crippen molar-refractivity contribution in [3.63, 3.8) is 0 Å². The molecule has 0 radical (unpaired) electrons. The second-order valence-electron chi connectivity index (χ2n) is 5.86. The summed E-state index contributed by atoms with van der Waals surface area (Å²) in [6.45, 7) is 12.4. The first kappa shape index (κ1) is 14.6. The van der Waals surface area contributed by atoms with Gasteiger partial charge in [-0.05, 0) is 10.8 Å². The molecule has 14 heavy (non-hydrogen) atoms. The lowest BCUT2D eigenvalue weighted by atomic mass is 9.82. The Morgan fingerprint density at radius 1 is 0.857 bits per heavy atom. The smallest absolute Gasteiger partial charge is 0.161 e. The lowest BCUT2D eigenvalue weighted by molar-refractivity contribution is -0.120. The molecule has 0 aromatic heterocycles. The molecular formula is C11H20Br2O. The third-order valence-electron chi connectivity index (χ3n) is 2.02. The van der Waals surface area contributed by atoms with Crippen LogP contribution < -0.4 is 0 Å². The van der Waals surface area contributed by atoms with Crippen molar-refractivity contribution in [3.05, 3.63) is 0 Å². The van der Waals surface area contributed by atoms with Gasteiger partial charge >= 0.3 is 0 Å². The fourth-order valence-corrected chi connectivity index (χ4v) is 1.87. The van der Waals surface area contributed by atoms with Gasteiger partial charge in [-0.25, -0.2) is 0 Å². The monoisotopic (exact) mass is 326 g/mol. The first-order valence-electron chi connectivity index (χ1n) is 4.80. The molecule has 0 amide bonds. The number of rotatable bonds is 2. The summed E-state index contributed by atoms with van der Waals surface area (Å²) in [5.41, 5.74) is -0.0668. The molecule has 0 aliphatic carbocycles. The Kier molecular flexibility index (Phi) is 4.86. The first-order chi connectivity index (χ1) is 5.98. The normalized spacial score (nSPS) is 17.7. The van der Waals surface area contributed by atoms with E-state index in [0.29, 0.717) is 0 Å². The molecule has 2 atom stereocenters. The molecule has 3 heteroatoms. The van der Waals surface area contributed by atoms with E-state index in [9.17, 15) is 4.79 Å². The van der Waals surface area contributed by atoms with Crippen molar-refractivity contribution in [2.75, 3.05) is 0 Å². The van der Waals surface area contributed by atoms with Crippen LogP contribution in [0.2, 0.25) is 0 Å². The van der Waals surface area contributed by atoms with Gasteiger partial charge in [-0.2, -0.15) is 0 Å². The van der Waals surface area contributed by atoms with E-state index in [4.69, 9.17) is 0 Å². The van der Waals surface area contributed by atoms with Crippen molar-refractivity contribution in [1.82, 2.24) is 0 Å². The topological polar surface area (TPSA) is 17.1 Å². The molecule has 0 N–H and O–H groups in total. The lowest BCUT2D eigenvalue weighted by Crippen LogP contribution is -2.39. The molecule has 0 unspecified atom stereocenters. The van der Waals surface area contributed by atoms with E-state index in [0.717, 1.165) is 0 Å². The molecule has 0 aromatic rings. The predicted molar refractivity (Wildman–Crippen MR) is 69.3 cm³/mol. The summed E-state index contributed by atoms with van der Waals surface area (Å²) in [7, 11) is 0. The maximum absolute atomic E-state index is 12.0. The van der Waals surface area contributed by atoms with Crippen molar-refractivity contribution < 1.29 is 4.79 Å². The standard InChI is InChI=1S/C11H20Br2O/c1-10(2,3)8(12)7(14)9(13)11(4,5)6/h8-9H,1-6H3/t8-,9-/m0/s1. The van der Waals surface area contributed by atoms with Gasteiger partial charge in [0.2, 0.25) is 0 Å². The third kappa shape index (κ3) is 4.01. The molecule has 0 bridgehead atoms. The summed E-state index contributed by atoms with van der Waals surface area (Å²) in [5, 5.41) is 0. The van der Waals surface area contributed by atoms with Crippen LogP contribution in [-0.2, 0) is 4.79 Å². The minimum Gasteiger partial charge on any atom is -0.297 e. The van der Waals surface area contributed by atoms with E-state index < -0.39 is 0 Å². The number of Topliss-reactive ketones (excluding diaryl/α,β-unsaturated/α-hetero) is 1. The van der Waals surface area contributed by atoms with Crippen molar-refractivity contribution in [2.45, 2.75) is 51.2 Å². The van der Waals surface area contributed by atoms with E-state index >= 15 is 0 Å². The molecule has 0 aliphatic rings. The highest BCUT2D eigenvalue weighted by molar-refractivity contribution is 9.10. The van der Waals surface area contributed by atoms with Crippen LogP contribution in [0.25, 0.3) is 0 Å². The van der Waals surface area contributed by atoms with Gasteiger partial charge in [-0.1, -0.05) is 73.4 Å². The quantitative estimate of drug-likeness (QED) is 0.695. The van der Waals surface area contributed by atoms with E-state index in [-0.39, 0.29) is 26.3 Å². The number of ketones is 1. The Hall–Kier alpha value is 0.630. The van der Waals surface area contributed by atoms with E-state index in [2.05, 4.69) is 73.4 Å². The number of alkyl halides is 2. The summed E-state index contributed by atoms with van der Waals surface area (Å²) < 4.78 is 0. The van der Waals surface area contributed by atoms with Crippen molar-refractivity contribution in [3.8, 4) is 0 Å². The van der Waals surface area contributed by atoms with E-state index in [1.54, 1.807) is 0 Å². The lowest BCUT2D eigenvalue weighted by Gasteiger charge is -2.31. The molecule has 0 fully saturated rings. The second-order valence-corrected chi connectivity index (χ2v) is 7.69. The average Bonchev–Trinajstić information content (AvgIpc) is 1.97. The minimum atomic E-state index is -0.0985. The van der Waals surface area contributed by atoms with Crippen LogP contribution in [0.4, 0.5) is 0 Å². The van der Waals surface area contributed by atoms with Crippen molar-refractivity contribution >= 4 is 37.6 Å². The van der Waals surface area contributed by atoms with E-state index in [1.165, 1.54) is 0 Å². The number of hydrogen-bond donors (Lipinski definition) is 0. The van der Waals surface area contributed by atoms with Crippen LogP contribution in [-0.4, -0.2) is 15.4 Å². The molecule has 0 heterocycles. The molecule has 0 spiro atoms. The maximum Gasteiger partial charge on any atom is 0.161 e. The summed E-state index contributed by atoms with van der Waals surface area (Å²) in [5.74, 6) is 0.227. The summed E-state index contributed by atoms with van der Waals surface area (Å²) in [6.07, 6.45) is 0. The molecule has 0 rings (SSSR count). The SMILES string of the molecule is CC(C)(C)[C@@H](Br)C(=O)[C@H](Br)C(C)(C)C. The summed E-state index contributed by atoms with van der Waals surface area (Å²) in [6, 6.07) is 0.